The first-order valence-electron chi connectivity index (χ1n) is 9.38. The molecule has 1 heterocycles. The smallest absolute Gasteiger partial charge is 0.258 e. The largest absolute Gasteiger partial charge is 0.275 e. The SMILES string of the molecule is Cc1ccc(S(=O)(=O)N2CCN(S(=O)(=O)c3cc(Cl)c(C)c([N+](=O)[O-])c3)CC2)cc1C. The van der Waals surface area contributed by atoms with E-state index in [1.807, 2.05) is 13.8 Å². The molecule has 0 amide bonds. The Bertz CT molecular complexity index is 1250. The van der Waals surface area contributed by atoms with Crippen LogP contribution in [0.15, 0.2) is 40.1 Å². The van der Waals surface area contributed by atoms with Crippen LogP contribution in [0.5, 0.6) is 0 Å². The molecule has 2 aromatic carbocycles. The summed E-state index contributed by atoms with van der Waals surface area (Å²) in [5, 5.41) is 11.2. The Morgan fingerprint density at radius 3 is 1.84 bits per heavy atom. The second-order valence-electron chi connectivity index (χ2n) is 7.36. The molecule has 0 atom stereocenters. The molecule has 0 spiro atoms. The first-order chi connectivity index (χ1) is 14.4. The van der Waals surface area contributed by atoms with Crippen LogP contribution in [0.4, 0.5) is 5.69 Å². The van der Waals surface area contributed by atoms with Gasteiger partial charge in [0.05, 0.1) is 19.7 Å². The number of sulfonamides is 2. The van der Waals surface area contributed by atoms with Crippen molar-refractivity contribution >= 4 is 37.3 Å². The summed E-state index contributed by atoms with van der Waals surface area (Å²) in [6, 6.07) is 7.03. The minimum atomic E-state index is -4.08. The van der Waals surface area contributed by atoms with Crippen molar-refractivity contribution in [2.24, 2.45) is 0 Å². The van der Waals surface area contributed by atoms with E-state index in [2.05, 4.69) is 0 Å². The van der Waals surface area contributed by atoms with Gasteiger partial charge in [0.25, 0.3) is 5.69 Å². The third kappa shape index (κ3) is 4.46. The highest BCUT2D eigenvalue weighted by atomic mass is 35.5. The molecule has 1 fully saturated rings. The number of aryl methyl sites for hydroxylation is 2. The van der Waals surface area contributed by atoms with Gasteiger partial charge in [-0.2, -0.15) is 8.61 Å². The van der Waals surface area contributed by atoms with Crippen molar-refractivity contribution in [2.75, 3.05) is 26.2 Å². The summed E-state index contributed by atoms with van der Waals surface area (Å²) in [6.45, 7) is 4.93. The zero-order valence-corrected chi connectivity index (χ0v) is 19.6. The van der Waals surface area contributed by atoms with Crippen LogP contribution in [0.1, 0.15) is 16.7 Å². The van der Waals surface area contributed by atoms with Gasteiger partial charge < -0.3 is 0 Å². The molecule has 3 rings (SSSR count). The minimum absolute atomic E-state index is 0.0243. The molecule has 168 valence electrons. The number of piperazine rings is 1. The second-order valence-corrected chi connectivity index (χ2v) is 11.6. The maximum absolute atomic E-state index is 13.0. The van der Waals surface area contributed by atoms with Gasteiger partial charge in [-0.3, -0.25) is 10.1 Å². The molecule has 9 nitrogen and oxygen atoms in total. The van der Waals surface area contributed by atoms with Crippen LogP contribution in [0.25, 0.3) is 0 Å². The summed E-state index contributed by atoms with van der Waals surface area (Å²) in [6.07, 6.45) is 0. The maximum atomic E-state index is 13.0. The first kappa shape index (κ1) is 23.6. The maximum Gasteiger partial charge on any atom is 0.275 e. The monoisotopic (exact) mass is 487 g/mol. The lowest BCUT2D eigenvalue weighted by atomic mass is 10.1. The summed E-state index contributed by atoms with van der Waals surface area (Å²) >= 11 is 6.01. The summed E-state index contributed by atoms with van der Waals surface area (Å²) in [4.78, 5) is 10.4. The Balaban J connectivity index is 1.83. The molecule has 1 aliphatic heterocycles. The summed E-state index contributed by atoms with van der Waals surface area (Å²) in [7, 11) is -7.84. The van der Waals surface area contributed by atoms with Gasteiger partial charge in [-0.05, 0) is 50.1 Å². The molecule has 0 saturated carbocycles. The molecule has 0 bridgehead atoms. The van der Waals surface area contributed by atoms with Crippen LogP contribution in [-0.4, -0.2) is 56.5 Å². The average Bonchev–Trinajstić information content (AvgIpc) is 2.71. The molecule has 0 aliphatic carbocycles. The predicted molar refractivity (Wildman–Crippen MR) is 116 cm³/mol. The van der Waals surface area contributed by atoms with Crippen LogP contribution < -0.4 is 0 Å². The zero-order chi connectivity index (χ0) is 23.1. The number of hydrogen-bond donors (Lipinski definition) is 0. The van der Waals surface area contributed by atoms with Gasteiger partial charge in [-0.1, -0.05) is 17.7 Å². The molecule has 0 aromatic heterocycles. The van der Waals surface area contributed by atoms with E-state index in [0.29, 0.717) is 0 Å². The fraction of sp³-hybridized carbons (Fsp3) is 0.368. The normalized spacial score (nSPS) is 16.4. The fourth-order valence-corrected chi connectivity index (χ4v) is 6.56. The number of nitrogens with zero attached hydrogens (tertiary/aromatic N) is 3. The molecule has 1 saturated heterocycles. The van der Waals surface area contributed by atoms with Gasteiger partial charge in [0, 0.05) is 37.8 Å². The van der Waals surface area contributed by atoms with Crippen LogP contribution in [0, 0.1) is 30.9 Å². The summed E-state index contributed by atoms with van der Waals surface area (Å²) in [5.74, 6) is 0. The van der Waals surface area contributed by atoms with E-state index in [1.54, 1.807) is 12.1 Å². The number of rotatable bonds is 5. The predicted octanol–water partition coefficient (Wildman–Crippen LogP) is 2.87. The molecular weight excluding hydrogens is 466 g/mol. The molecule has 2 aromatic rings. The van der Waals surface area contributed by atoms with E-state index in [0.717, 1.165) is 21.5 Å². The van der Waals surface area contributed by atoms with E-state index >= 15 is 0 Å². The van der Waals surface area contributed by atoms with Crippen molar-refractivity contribution in [3.8, 4) is 0 Å². The Morgan fingerprint density at radius 2 is 1.35 bits per heavy atom. The van der Waals surface area contributed by atoms with Crippen molar-refractivity contribution < 1.29 is 21.8 Å². The van der Waals surface area contributed by atoms with E-state index in [1.165, 1.54) is 23.4 Å². The first-order valence-corrected chi connectivity index (χ1v) is 12.6. The van der Waals surface area contributed by atoms with Crippen molar-refractivity contribution in [3.05, 3.63) is 62.2 Å². The Morgan fingerprint density at radius 1 is 0.839 bits per heavy atom. The number of hydrogen-bond acceptors (Lipinski definition) is 6. The highest BCUT2D eigenvalue weighted by molar-refractivity contribution is 7.89. The zero-order valence-electron chi connectivity index (χ0n) is 17.2. The third-order valence-electron chi connectivity index (χ3n) is 5.44. The van der Waals surface area contributed by atoms with E-state index in [4.69, 9.17) is 11.6 Å². The van der Waals surface area contributed by atoms with Crippen molar-refractivity contribution in [2.45, 2.75) is 30.6 Å². The number of benzene rings is 2. The van der Waals surface area contributed by atoms with Crippen LogP contribution in [-0.2, 0) is 20.0 Å². The molecule has 1 aliphatic rings. The number of nitro groups is 1. The van der Waals surface area contributed by atoms with Crippen LogP contribution >= 0.6 is 11.6 Å². The van der Waals surface area contributed by atoms with E-state index < -0.39 is 25.0 Å². The lowest BCUT2D eigenvalue weighted by molar-refractivity contribution is -0.385. The van der Waals surface area contributed by atoms with E-state index in [9.17, 15) is 26.9 Å². The molecule has 31 heavy (non-hydrogen) atoms. The number of nitro benzene ring substituents is 1. The fourth-order valence-electron chi connectivity index (χ4n) is 3.30. The summed E-state index contributed by atoms with van der Waals surface area (Å²) in [5.41, 5.74) is 1.61. The molecule has 12 heteroatoms. The topological polar surface area (TPSA) is 118 Å². The van der Waals surface area contributed by atoms with Crippen LogP contribution in [0.3, 0.4) is 0 Å². The van der Waals surface area contributed by atoms with Crippen molar-refractivity contribution in [1.29, 1.82) is 0 Å². The van der Waals surface area contributed by atoms with Gasteiger partial charge in [-0.15, -0.1) is 0 Å². The second kappa shape index (κ2) is 8.47. The van der Waals surface area contributed by atoms with Crippen LogP contribution in [0.2, 0.25) is 5.02 Å². The lowest BCUT2D eigenvalue weighted by Gasteiger charge is -2.33. The molecular formula is C19H22ClN3O6S2. The standard InChI is InChI=1S/C19H22ClN3O6S2/c1-13-4-5-16(10-14(13)2)30(26,27)21-6-8-22(9-7-21)31(28,29)17-11-18(20)15(3)19(12-17)23(24)25/h4-5,10-12H,6-9H2,1-3H3. The van der Waals surface area contributed by atoms with Gasteiger partial charge in [0.15, 0.2) is 0 Å². The Labute approximate surface area is 186 Å². The van der Waals surface area contributed by atoms with E-state index in [-0.39, 0.29) is 52.2 Å². The van der Waals surface area contributed by atoms with Gasteiger partial charge in [0.1, 0.15) is 0 Å². The summed E-state index contributed by atoms with van der Waals surface area (Å²) < 4.78 is 54.3. The van der Waals surface area contributed by atoms with Gasteiger partial charge in [0.2, 0.25) is 20.0 Å². The highest BCUT2D eigenvalue weighted by Crippen LogP contribution is 2.31. The quantitative estimate of drug-likeness (QED) is 0.472. The molecule has 0 unspecified atom stereocenters. The molecule has 0 radical (unpaired) electrons. The van der Waals surface area contributed by atoms with Gasteiger partial charge in [-0.25, -0.2) is 16.8 Å². The van der Waals surface area contributed by atoms with Gasteiger partial charge >= 0.3 is 0 Å². The average molecular weight is 488 g/mol. The van der Waals surface area contributed by atoms with Crippen molar-refractivity contribution in [3.63, 3.8) is 0 Å². The Kier molecular flexibility index (Phi) is 6.45. The Hall–Kier alpha value is -2.05. The third-order valence-corrected chi connectivity index (χ3v) is 9.60. The molecule has 0 N–H and O–H groups in total. The highest BCUT2D eigenvalue weighted by Gasteiger charge is 2.35. The van der Waals surface area contributed by atoms with Crippen molar-refractivity contribution in [1.82, 2.24) is 8.61 Å². The lowest BCUT2D eigenvalue weighted by Crippen LogP contribution is -2.50. The number of halogens is 1. The minimum Gasteiger partial charge on any atom is -0.258 e.